The van der Waals surface area contributed by atoms with E-state index < -0.39 is 4.92 Å². The second kappa shape index (κ2) is 3.92. The first-order valence-electron chi connectivity index (χ1n) is 5.28. The average molecular weight is 259 g/mol. The summed E-state index contributed by atoms with van der Waals surface area (Å²) < 4.78 is 0. The molecule has 0 aliphatic rings. The Hall–Kier alpha value is -2.20. The number of fused-ring (bicyclic) bond motifs is 2. The van der Waals surface area contributed by atoms with Crippen LogP contribution in [0.1, 0.15) is 0 Å². The number of non-ortho nitro benzene ring substituents is 1. The zero-order chi connectivity index (χ0) is 12.7. The number of aromatic nitrogens is 1. The molecule has 4 nitrogen and oxygen atoms in total. The fraction of sp³-hybridized carbons (Fsp3) is 0. The van der Waals surface area contributed by atoms with Crippen molar-refractivity contribution in [1.82, 2.24) is 4.98 Å². The summed E-state index contributed by atoms with van der Waals surface area (Å²) >= 11 is 5.92. The Morgan fingerprint density at radius 2 is 1.94 bits per heavy atom. The molecule has 3 aromatic rings. The Bertz CT molecular complexity index is 786. The van der Waals surface area contributed by atoms with Crippen molar-refractivity contribution in [3.63, 3.8) is 0 Å². The van der Waals surface area contributed by atoms with E-state index in [0.29, 0.717) is 16.1 Å². The first-order valence-corrected chi connectivity index (χ1v) is 5.66. The minimum absolute atomic E-state index is 0.0179. The quantitative estimate of drug-likeness (QED) is 0.377. The Balaban J connectivity index is 2.44. The van der Waals surface area contributed by atoms with Gasteiger partial charge in [0.2, 0.25) is 0 Å². The minimum Gasteiger partial charge on any atom is -0.258 e. The summed E-state index contributed by atoms with van der Waals surface area (Å²) in [5.74, 6) is 0. The van der Waals surface area contributed by atoms with Crippen molar-refractivity contribution in [2.45, 2.75) is 0 Å². The lowest BCUT2D eigenvalue weighted by molar-refractivity contribution is -0.383. The van der Waals surface area contributed by atoms with Crippen LogP contribution in [0.3, 0.4) is 0 Å². The maximum Gasteiger partial charge on any atom is 0.295 e. The number of nitro benzene ring substituents is 1. The van der Waals surface area contributed by atoms with Crippen molar-refractivity contribution < 1.29 is 4.92 Å². The van der Waals surface area contributed by atoms with Gasteiger partial charge in [-0.05, 0) is 24.3 Å². The molecule has 3 rings (SSSR count). The zero-order valence-electron chi connectivity index (χ0n) is 9.13. The number of benzene rings is 2. The molecular weight excluding hydrogens is 252 g/mol. The van der Waals surface area contributed by atoms with Crippen molar-refractivity contribution in [3.05, 3.63) is 57.6 Å². The molecule has 0 N–H and O–H groups in total. The first kappa shape index (κ1) is 10.9. The van der Waals surface area contributed by atoms with Gasteiger partial charge in [-0.15, -0.1) is 0 Å². The number of rotatable bonds is 1. The number of halogens is 1. The SMILES string of the molecule is O=[N+]([O-])c1cccc2cc3cc(Cl)ccc3nc12. The molecule has 0 bridgehead atoms. The molecule has 0 radical (unpaired) electrons. The highest BCUT2D eigenvalue weighted by atomic mass is 35.5. The number of nitrogens with zero attached hydrogens (tertiary/aromatic N) is 2. The lowest BCUT2D eigenvalue weighted by Gasteiger charge is -2.02. The lowest BCUT2D eigenvalue weighted by Crippen LogP contribution is -1.91. The summed E-state index contributed by atoms with van der Waals surface area (Å²) in [4.78, 5) is 14.9. The summed E-state index contributed by atoms with van der Waals surface area (Å²) in [5.41, 5.74) is 1.11. The molecule has 1 heterocycles. The van der Waals surface area contributed by atoms with Gasteiger partial charge in [0.05, 0.1) is 10.4 Å². The van der Waals surface area contributed by atoms with E-state index in [1.165, 1.54) is 6.07 Å². The van der Waals surface area contributed by atoms with Gasteiger partial charge in [-0.2, -0.15) is 0 Å². The topological polar surface area (TPSA) is 56.0 Å². The molecule has 0 aliphatic carbocycles. The smallest absolute Gasteiger partial charge is 0.258 e. The van der Waals surface area contributed by atoms with Crippen LogP contribution in [0.2, 0.25) is 5.02 Å². The molecule has 0 saturated heterocycles. The van der Waals surface area contributed by atoms with Gasteiger partial charge in [-0.1, -0.05) is 23.7 Å². The fourth-order valence-corrected chi connectivity index (χ4v) is 2.15. The molecule has 0 spiro atoms. The third kappa shape index (κ3) is 1.67. The maximum absolute atomic E-state index is 10.9. The van der Waals surface area contributed by atoms with E-state index in [4.69, 9.17) is 11.6 Å². The van der Waals surface area contributed by atoms with Gasteiger partial charge in [-0.25, -0.2) is 4.98 Å². The van der Waals surface area contributed by atoms with E-state index >= 15 is 0 Å². The van der Waals surface area contributed by atoms with Crippen LogP contribution in [0.4, 0.5) is 5.69 Å². The largest absolute Gasteiger partial charge is 0.295 e. The third-order valence-corrected chi connectivity index (χ3v) is 3.01. The van der Waals surface area contributed by atoms with E-state index in [1.54, 1.807) is 30.3 Å². The molecule has 0 atom stereocenters. The summed E-state index contributed by atoms with van der Waals surface area (Å²) in [6, 6.07) is 12.0. The molecule has 5 heteroatoms. The molecular formula is C13H7ClN2O2. The van der Waals surface area contributed by atoms with Crippen LogP contribution in [0.5, 0.6) is 0 Å². The second-order valence-electron chi connectivity index (χ2n) is 3.93. The summed E-state index contributed by atoms with van der Waals surface area (Å²) in [6.45, 7) is 0. The Labute approximate surface area is 107 Å². The number of hydrogen-bond donors (Lipinski definition) is 0. The molecule has 1 aromatic heterocycles. The predicted octanol–water partition coefficient (Wildman–Crippen LogP) is 3.95. The van der Waals surface area contributed by atoms with Crippen LogP contribution >= 0.6 is 11.6 Å². The monoisotopic (exact) mass is 258 g/mol. The Kier molecular flexibility index (Phi) is 2.38. The van der Waals surface area contributed by atoms with Crippen LogP contribution in [0, 0.1) is 10.1 Å². The van der Waals surface area contributed by atoms with Gasteiger partial charge < -0.3 is 0 Å². The van der Waals surface area contributed by atoms with Gasteiger partial charge in [0.15, 0.2) is 0 Å². The number of pyridine rings is 1. The molecule has 0 unspecified atom stereocenters. The summed E-state index contributed by atoms with van der Waals surface area (Å²) in [6.07, 6.45) is 0. The van der Waals surface area contributed by atoms with E-state index in [0.717, 1.165) is 10.8 Å². The fourth-order valence-electron chi connectivity index (χ4n) is 1.97. The van der Waals surface area contributed by atoms with Crippen molar-refractivity contribution in [1.29, 1.82) is 0 Å². The molecule has 0 amide bonds. The van der Waals surface area contributed by atoms with Crippen molar-refractivity contribution >= 4 is 39.1 Å². The lowest BCUT2D eigenvalue weighted by atomic mass is 10.1. The van der Waals surface area contributed by atoms with E-state index in [-0.39, 0.29) is 5.69 Å². The van der Waals surface area contributed by atoms with E-state index in [2.05, 4.69) is 4.98 Å². The molecule has 0 fully saturated rings. The highest BCUT2D eigenvalue weighted by Gasteiger charge is 2.13. The van der Waals surface area contributed by atoms with Crippen LogP contribution in [0.15, 0.2) is 42.5 Å². The number of nitro groups is 1. The summed E-state index contributed by atoms with van der Waals surface area (Å²) in [5, 5.41) is 13.2. The van der Waals surface area contributed by atoms with Crippen molar-refractivity contribution in [3.8, 4) is 0 Å². The average Bonchev–Trinajstić information content (AvgIpc) is 2.35. The third-order valence-electron chi connectivity index (χ3n) is 2.78. The maximum atomic E-state index is 10.9. The molecule has 88 valence electrons. The standard InChI is InChI=1S/C13H7ClN2O2/c14-10-4-5-11-9(7-10)6-8-2-1-3-12(16(17)18)13(8)15-11/h1-7H. The molecule has 0 saturated carbocycles. The molecule has 18 heavy (non-hydrogen) atoms. The molecule has 2 aromatic carbocycles. The summed E-state index contributed by atoms with van der Waals surface area (Å²) in [7, 11) is 0. The number of hydrogen-bond acceptors (Lipinski definition) is 3. The van der Waals surface area contributed by atoms with Gasteiger partial charge >= 0.3 is 0 Å². The van der Waals surface area contributed by atoms with Gasteiger partial charge in [0.25, 0.3) is 5.69 Å². The second-order valence-corrected chi connectivity index (χ2v) is 4.37. The van der Waals surface area contributed by atoms with Crippen LogP contribution < -0.4 is 0 Å². The number of para-hydroxylation sites is 1. The van der Waals surface area contributed by atoms with Crippen LogP contribution in [-0.4, -0.2) is 9.91 Å². The van der Waals surface area contributed by atoms with E-state index in [1.807, 2.05) is 6.07 Å². The van der Waals surface area contributed by atoms with Crippen LogP contribution in [-0.2, 0) is 0 Å². The van der Waals surface area contributed by atoms with Crippen molar-refractivity contribution in [2.24, 2.45) is 0 Å². The first-order chi connectivity index (χ1) is 8.65. The van der Waals surface area contributed by atoms with Crippen molar-refractivity contribution in [2.75, 3.05) is 0 Å². The predicted molar refractivity (Wildman–Crippen MR) is 70.9 cm³/mol. The van der Waals surface area contributed by atoms with Crippen LogP contribution in [0.25, 0.3) is 21.8 Å². The minimum atomic E-state index is -0.420. The van der Waals surface area contributed by atoms with Gasteiger partial charge in [0.1, 0.15) is 5.52 Å². The van der Waals surface area contributed by atoms with E-state index in [9.17, 15) is 10.1 Å². The van der Waals surface area contributed by atoms with Gasteiger partial charge in [0, 0.05) is 21.9 Å². The normalized spacial score (nSPS) is 10.9. The van der Waals surface area contributed by atoms with Gasteiger partial charge in [-0.3, -0.25) is 10.1 Å². The molecule has 0 aliphatic heterocycles. The Morgan fingerprint density at radius 3 is 2.72 bits per heavy atom. The highest BCUT2D eigenvalue weighted by molar-refractivity contribution is 6.31. The highest BCUT2D eigenvalue weighted by Crippen LogP contribution is 2.27. The zero-order valence-corrected chi connectivity index (χ0v) is 9.89. The Morgan fingerprint density at radius 1 is 1.11 bits per heavy atom.